The summed E-state index contributed by atoms with van der Waals surface area (Å²) in [6.45, 7) is 2.93. The van der Waals surface area contributed by atoms with E-state index < -0.39 is 0 Å². The second-order valence-corrected chi connectivity index (χ2v) is 7.76. The van der Waals surface area contributed by atoms with Crippen LogP contribution in [0.1, 0.15) is 16.7 Å². The zero-order valence-corrected chi connectivity index (χ0v) is 16.8. The molecular formula is C24H23BrN2. The highest BCUT2D eigenvalue weighted by molar-refractivity contribution is 9.10. The third-order valence-electron chi connectivity index (χ3n) is 4.93. The molecule has 1 heterocycles. The van der Waals surface area contributed by atoms with Crippen LogP contribution in [-0.4, -0.2) is 16.4 Å². The van der Waals surface area contributed by atoms with Gasteiger partial charge in [-0.25, -0.2) is 0 Å². The summed E-state index contributed by atoms with van der Waals surface area (Å²) in [5.74, 6) is 0. The highest BCUT2D eigenvalue weighted by Crippen LogP contribution is 2.27. The molecule has 0 saturated carbocycles. The van der Waals surface area contributed by atoms with Gasteiger partial charge in [0, 0.05) is 41.2 Å². The number of aromatic amines is 1. The Balaban J connectivity index is 1.53. The predicted octanol–water partition coefficient (Wildman–Crippen LogP) is 6.18. The fourth-order valence-electron chi connectivity index (χ4n) is 3.58. The molecule has 0 amide bonds. The Hall–Kier alpha value is -2.36. The molecule has 0 unspecified atom stereocenters. The van der Waals surface area contributed by atoms with Crippen LogP contribution in [0.3, 0.4) is 0 Å². The molecule has 4 rings (SSSR count). The first-order valence-corrected chi connectivity index (χ1v) is 10.1. The average molecular weight is 419 g/mol. The Morgan fingerprint density at radius 3 is 2.00 bits per heavy atom. The van der Waals surface area contributed by atoms with E-state index in [-0.39, 0.29) is 0 Å². The van der Waals surface area contributed by atoms with E-state index >= 15 is 0 Å². The van der Waals surface area contributed by atoms with Crippen molar-refractivity contribution in [3.05, 3.63) is 106 Å². The zero-order valence-electron chi connectivity index (χ0n) is 15.2. The maximum atomic E-state index is 3.71. The van der Waals surface area contributed by atoms with E-state index in [1.165, 1.54) is 27.6 Å². The van der Waals surface area contributed by atoms with Gasteiger partial charge in [-0.05, 0) is 35.2 Å². The summed E-state index contributed by atoms with van der Waals surface area (Å²) in [6, 6.07) is 27.8. The van der Waals surface area contributed by atoms with Gasteiger partial charge in [-0.2, -0.15) is 0 Å². The topological polar surface area (TPSA) is 19.0 Å². The normalized spacial score (nSPS) is 11.3. The van der Waals surface area contributed by atoms with E-state index in [0.717, 1.165) is 30.5 Å². The molecule has 3 heteroatoms. The van der Waals surface area contributed by atoms with Gasteiger partial charge in [0.05, 0.1) is 0 Å². The SMILES string of the molecule is Brc1cccc2[nH]cc(CCN(Cc3ccccc3)Cc3ccccc3)c12. The van der Waals surface area contributed by atoms with Gasteiger partial charge in [0.1, 0.15) is 0 Å². The Bertz CT molecular complexity index is 951. The van der Waals surface area contributed by atoms with E-state index in [1.807, 2.05) is 0 Å². The van der Waals surface area contributed by atoms with Crippen LogP contribution >= 0.6 is 15.9 Å². The number of hydrogen-bond acceptors (Lipinski definition) is 1. The maximum absolute atomic E-state index is 3.71. The lowest BCUT2D eigenvalue weighted by Crippen LogP contribution is -2.25. The average Bonchev–Trinajstić information content (AvgIpc) is 3.12. The number of fused-ring (bicyclic) bond motifs is 1. The molecule has 1 aromatic heterocycles. The van der Waals surface area contributed by atoms with Crippen molar-refractivity contribution in [2.24, 2.45) is 0 Å². The molecule has 27 heavy (non-hydrogen) atoms. The van der Waals surface area contributed by atoms with Gasteiger partial charge < -0.3 is 4.98 Å². The van der Waals surface area contributed by atoms with Crippen molar-refractivity contribution < 1.29 is 0 Å². The lowest BCUT2D eigenvalue weighted by molar-refractivity contribution is 0.260. The van der Waals surface area contributed by atoms with Crippen molar-refractivity contribution in [1.82, 2.24) is 9.88 Å². The first-order chi connectivity index (χ1) is 13.3. The standard InChI is InChI=1S/C24H23BrN2/c25-22-12-7-13-23-24(22)21(16-26-23)14-15-27(17-19-8-3-1-4-9-19)18-20-10-5-2-6-11-20/h1-13,16,26H,14-15,17-18H2. The lowest BCUT2D eigenvalue weighted by Gasteiger charge is -2.22. The number of nitrogens with one attached hydrogen (secondary N) is 1. The van der Waals surface area contributed by atoms with Gasteiger partial charge in [-0.15, -0.1) is 0 Å². The van der Waals surface area contributed by atoms with Crippen LogP contribution in [0, 0.1) is 0 Å². The van der Waals surface area contributed by atoms with Crippen molar-refractivity contribution in [2.75, 3.05) is 6.54 Å². The molecule has 0 radical (unpaired) electrons. The number of aromatic nitrogens is 1. The summed E-state index contributed by atoms with van der Waals surface area (Å²) >= 11 is 3.71. The van der Waals surface area contributed by atoms with Crippen LogP contribution in [-0.2, 0) is 19.5 Å². The first kappa shape index (κ1) is 18.0. The smallest absolute Gasteiger partial charge is 0.0468 e. The van der Waals surface area contributed by atoms with Gasteiger partial charge in [-0.1, -0.05) is 82.7 Å². The van der Waals surface area contributed by atoms with E-state index in [4.69, 9.17) is 0 Å². The number of nitrogens with zero attached hydrogens (tertiary/aromatic N) is 1. The van der Waals surface area contributed by atoms with Crippen molar-refractivity contribution in [1.29, 1.82) is 0 Å². The fourth-order valence-corrected chi connectivity index (χ4v) is 4.20. The number of H-pyrrole nitrogens is 1. The number of hydrogen-bond donors (Lipinski definition) is 1. The molecule has 0 spiro atoms. The second kappa shape index (κ2) is 8.55. The molecule has 3 aromatic carbocycles. The number of rotatable bonds is 7. The van der Waals surface area contributed by atoms with Crippen LogP contribution in [0.15, 0.2) is 89.5 Å². The third kappa shape index (κ3) is 4.49. The summed E-state index contributed by atoms with van der Waals surface area (Å²) in [6.07, 6.45) is 3.17. The minimum Gasteiger partial charge on any atom is -0.361 e. The molecule has 4 aromatic rings. The summed E-state index contributed by atoms with van der Waals surface area (Å²) in [4.78, 5) is 5.93. The largest absolute Gasteiger partial charge is 0.361 e. The van der Waals surface area contributed by atoms with E-state index in [9.17, 15) is 0 Å². The van der Waals surface area contributed by atoms with Crippen LogP contribution < -0.4 is 0 Å². The van der Waals surface area contributed by atoms with Gasteiger partial charge in [0.2, 0.25) is 0 Å². The summed E-state index contributed by atoms with van der Waals surface area (Å²) in [5.41, 5.74) is 5.27. The number of benzene rings is 3. The van der Waals surface area contributed by atoms with Gasteiger partial charge in [0.25, 0.3) is 0 Å². The molecule has 136 valence electrons. The molecule has 0 aliphatic rings. The molecule has 1 N–H and O–H groups in total. The van der Waals surface area contributed by atoms with E-state index in [1.54, 1.807) is 0 Å². The molecule has 2 nitrogen and oxygen atoms in total. The van der Waals surface area contributed by atoms with Gasteiger partial charge in [-0.3, -0.25) is 4.90 Å². The molecule has 0 atom stereocenters. The second-order valence-electron chi connectivity index (χ2n) is 6.91. The molecule has 0 aliphatic carbocycles. The summed E-state index contributed by atoms with van der Waals surface area (Å²) in [5, 5.41) is 1.30. The van der Waals surface area contributed by atoms with Crippen molar-refractivity contribution in [2.45, 2.75) is 19.5 Å². The number of halogens is 1. The third-order valence-corrected chi connectivity index (χ3v) is 5.59. The van der Waals surface area contributed by atoms with Crippen molar-refractivity contribution in [3.8, 4) is 0 Å². The van der Waals surface area contributed by atoms with E-state index in [0.29, 0.717) is 0 Å². The van der Waals surface area contributed by atoms with Crippen LogP contribution in [0.4, 0.5) is 0 Å². The zero-order chi connectivity index (χ0) is 18.5. The lowest BCUT2D eigenvalue weighted by atomic mass is 10.1. The monoisotopic (exact) mass is 418 g/mol. The Morgan fingerprint density at radius 2 is 1.37 bits per heavy atom. The Kier molecular flexibility index (Phi) is 5.71. The minimum atomic E-state index is 0.958. The highest BCUT2D eigenvalue weighted by atomic mass is 79.9. The maximum Gasteiger partial charge on any atom is 0.0468 e. The van der Waals surface area contributed by atoms with Crippen molar-refractivity contribution >= 4 is 26.8 Å². The van der Waals surface area contributed by atoms with Crippen LogP contribution in [0.25, 0.3) is 10.9 Å². The summed E-state index contributed by atoms with van der Waals surface area (Å²) < 4.78 is 1.16. The predicted molar refractivity (Wildman–Crippen MR) is 117 cm³/mol. The van der Waals surface area contributed by atoms with E-state index in [2.05, 4.69) is 111 Å². The minimum absolute atomic E-state index is 0.958. The van der Waals surface area contributed by atoms with Crippen LogP contribution in [0.5, 0.6) is 0 Å². The molecule has 0 aliphatic heterocycles. The summed E-state index contributed by atoms with van der Waals surface area (Å²) in [7, 11) is 0. The van der Waals surface area contributed by atoms with Gasteiger partial charge >= 0.3 is 0 Å². The fraction of sp³-hybridized carbons (Fsp3) is 0.167. The molecule has 0 fully saturated rings. The quantitative estimate of drug-likeness (QED) is 0.379. The van der Waals surface area contributed by atoms with Crippen molar-refractivity contribution in [3.63, 3.8) is 0 Å². The molecule has 0 bridgehead atoms. The van der Waals surface area contributed by atoms with Gasteiger partial charge in [0.15, 0.2) is 0 Å². The first-order valence-electron chi connectivity index (χ1n) is 9.34. The Labute approximate surface area is 169 Å². The Morgan fingerprint density at radius 1 is 0.741 bits per heavy atom. The van der Waals surface area contributed by atoms with Crippen LogP contribution in [0.2, 0.25) is 0 Å². The highest BCUT2D eigenvalue weighted by Gasteiger charge is 2.11. The molecular weight excluding hydrogens is 396 g/mol. The molecule has 0 saturated heterocycles.